The summed E-state index contributed by atoms with van der Waals surface area (Å²) in [6.45, 7) is 12.4. The van der Waals surface area contributed by atoms with Crippen LogP contribution in [0.2, 0.25) is 0 Å². The Hall–Kier alpha value is -0.860. The number of hydrogen-bond donors (Lipinski definition) is 0. The summed E-state index contributed by atoms with van der Waals surface area (Å²) in [4.78, 5) is 0. The van der Waals surface area contributed by atoms with Crippen molar-refractivity contribution in [2.75, 3.05) is 13.2 Å². The van der Waals surface area contributed by atoms with E-state index < -0.39 is 5.79 Å². The zero-order valence-electron chi connectivity index (χ0n) is 12.2. The van der Waals surface area contributed by atoms with Crippen molar-refractivity contribution in [2.45, 2.75) is 52.2 Å². The van der Waals surface area contributed by atoms with E-state index in [1.807, 2.05) is 6.92 Å². The van der Waals surface area contributed by atoms with Crippen molar-refractivity contribution in [1.29, 1.82) is 0 Å². The highest BCUT2D eigenvalue weighted by atomic mass is 16.7. The summed E-state index contributed by atoms with van der Waals surface area (Å²) in [5, 5.41) is 0. The normalized spacial score (nSPS) is 19.8. The zero-order valence-corrected chi connectivity index (χ0v) is 12.2. The molecule has 18 heavy (non-hydrogen) atoms. The minimum absolute atomic E-state index is 0.146. The second-order valence-corrected chi connectivity index (χ2v) is 6.28. The van der Waals surface area contributed by atoms with Crippen LogP contribution in [0, 0.1) is 6.92 Å². The second kappa shape index (κ2) is 4.67. The van der Waals surface area contributed by atoms with Crippen LogP contribution in [0.15, 0.2) is 18.2 Å². The predicted octanol–water partition coefficient (Wildman–Crippen LogP) is 3.90. The van der Waals surface area contributed by atoms with Gasteiger partial charge in [-0.1, -0.05) is 32.9 Å². The molecule has 1 heterocycles. The molecule has 1 aliphatic heterocycles. The van der Waals surface area contributed by atoms with Crippen molar-refractivity contribution in [3.8, 4) is 0 Å². The SMILES string of the molecule is Cc1ccc(C(C)(C)C)cc1C1(C)OCCCO1. The van der Waals surface area contributed by atoms with Crippen molar-refractivity contribution >= 4 is 0 Å². The smallest absolute Gasteiger partial charge is 0.192 e. The fourth-order valence-corrected chi connectivity index (χ4v) is 2.37. The Balaban J connectivity index is 2.43. The van der Waals surface area contributed by atoms with E-state index in [2.05, 4.69) is 45.9 Å². The molecule has 0 bridgehead atoms. The Kier molecular flexibility index (Phi) is 3.52. The highest BCUT2D eigenvalue weighted by molar-refractivity contribution is 5.37. The van der Waals surface area contributed by atoms with Gasteiger partial charge < -0.3 is 9.47 Å². The van der Waals surface area contributed by atoms with Gasteiger partial charge in [-0.2, -0.15) is 0 Å². The van der Waals surface area contributed by atoms with Gasteiger partial charge >= 0.3 is 0 Å². The summed E-state index contributed by atoms with van der Waals surface area (Å²) in [7, 11) is 0. The van der Waals surface area contributed by atoms with Gasteiger partial charge in [0.2, 0.25) is 0 Å². The number of ether oxygens (including phenoxy) is 2. The Morgan fingerprint density at radius 2 is 1.72 bits per heavy atom. The minimum atomic E-state index is -0.580. The molecule has 100 valence electrons. The van der Waals surface area contributed by atoms with Crippen LogP contribution in [0.3, 0.4) is 0 Å². The molecular formula is C16H24O2. The maximum atomic E-state index is 5.88. The van der Waals surface area contributed by atoms with E-state index in [-0.39, 0.29) is 5.41 Å². The van der Waals surface area contributed by atoms with E-state index in [0.29, 0.717) is 0 Å². The fourth-order valence-electron chi connectivity index (χ4n) is 2.37. The van der Waals surface area contributed by atoms with E-state index in [1.54, 1.807) is 0 Å². The first-order chi connectivity index (χ1) is 8.33. The molecule has 1 aromatic carbocycles. The van der Waals surface area contributed by atoms with Gasteiger partial charge in [0.1, 0.15) is 0 Å². The molecule has 0 N–H and O–H groups in total. The Morgan fingerprint density at radius 3 is 2.28 bits per heavy atom. The molecule has 1 fully saturated rings. The topological polar surface area (TPSA) is 18.5 Å². The lowest BCUT2D eigenvalue weighted by Gasteiger charge is -2.36. The van der Waals surface area contributed by atoms with E-state index in [4.69, 9.17) is 9.47 Å². The molecular weight excluding hydrogens is 224 g/mol. The number of benzene rings is 1. The number of rotatable bonds is 1. The molecule has 1 saturated heterocycles. The monoisotopic (exact) mass is 248 g/mol. The third-order valence-electron chi connectivity index (χ3n) is 3.64. The summed E-state index contributed by atoms with van der Waals surface area (Å²) < 4.78 is 11.8. The van der Waals surface area contributed by atoms with Gasteiger partial charge in [0.25, 0.3) is 0 Å². The van der Waals surface area contributed by atoms with Crippen LogP contribution in [-0.2, 0) is 20.7 Å². The standard InChI is InChI=1S/C16H24O2/c1-12-7-8-13(15(2,3)4)11-14(12)16(5)17-9-6-10-18-16/h7-8,11H,6,9-10H2,1-5H3. The van der Waals surface area contributed by atoms with Crippen LogP contribution in [0.1, 0.15) is 50.8 Å². The first-order valence-electron chi connectivity index (χ1n) is 6.72. The molecule has 1 aromatic rings. The highest BCUT2D eigenvalue weighted by Crippen LogP contribution is 2.35. The number of hydrogen-bond acceptors (Lipinski definition) is 2. The molecule has 0 aromatic heterocycles. The van der Waals surface area contributed by atoms with Crippen molar-refractivity contribution in [3.05, 3.63) is 34.9 Å². The van der Waals surface area contributed by atoms with E-state index >= 15 is 0 Å². The average molecular weight is 248 g/mol. The van der Waals surface area contributed by atoms with Crippen LogP contribution < -0.4 is 0 Å². The Labute approximate surface area is 110 Å². The molecule has 0 unspecified atom stereocenters. The molecule has 0 atom stereocenters. The molecule has 0 radical (unpaired) electrons. The van der Waals surface area contributed by atoms with Gasteiger partial charge in [-0.25, -0.2) is 0 Å². The molecule has 0 saturated carbocycles. The predicted molar refractivity (Wildman–Crippen MR) is 73.8 cm³/mol. The molecule has 0 amide bonds. The van der Waals surface area contributed by atoms with Gasteiger partial charge in [-0.3, -0.25) is 0 Å². The van der Waals surface area contributed by atoms with Crippen LogP contribution in [0.5, 0.6) is 0 Å². The van der Waals surface area contributed by atoms with Crippen molar-refractivity contribution < 1.29 is 9.47 Å². The van der Waals surface area contributed by atoms with Crippen LogP contribution >= 0.6 is 0 Å². The second-order valence-electron chi connectivity index (χ2n) is 6.28. The van der Waals surface area contributed by atoms with Gasteiger partial charge in [-0.05, 0) is 42.9 Å². The van der Waals surface area contributed by atoms with Crippen molar-refractivity contribution in [3.63, 3.8) is 0 Å². The summed E-state index contributed by atoms with van der Waals surface area (Å²) in [5.74, 6) is -0.580. The van der Waals surface area contributed by atoms with Gasteiger partial charge in [0, 0.05) is 5.56 Å². The molecule has 2 rings (SSSR count). The minimum Gasteiger partial charge on any atom is -0.346 e. The summed E-state index contributed by atoms with van der Waals surface area (Å²) >= 11 is 0. The molecule has 1 aliphatic rings. The first-order valence-corrected chi connectivity index (χ1v) is 6.72. The van der Waals surface area contributed by atoms with Gasteiger partial charge in [0.05, 0.1) is 13.2 Å². The molecule has 2 nitrogen and oxygen atoms in total. The molecule has 0 aliphatic carbocycles. The zero-order chi connectivity index (χ0) is 13.4. The highest BCUT2D eigenvalue weighted by Gasteiger charge is 2.33. The third-order valence-corrected chi connectivity index (χ3v) is 3.64. The van der Waals surface area contributed by atoms with E-state index in [1.165, 1.54) is 11.1 Å². The lowest BCUT2D eigenvalue weighted by atomic mass is 9.84. The van der Waals surface area contributed by atoms with Crippen LogP contribution in [0.4, 0.5) is 0 Å². The van der Waals surface area contributed by atoms with Crippen molar-refractivity contribution in [2.24, 2.45) is 0 Å². The van der Waals surface area contributed by atoms with E-state index in [0.717, 1.165) is 25.2 Å². The average Bonchev–Trinajstić information content (AvgIpc) is 2.28. The summed E-state index contributed by atoms with van der Waals surface area (Å²) in [5.41, 5.74) is 3.86. The maximum absolute atomic E-state index is 5.88. The van der Waals surface area contributed by atoms with Gasteiger partial charge in [0.15, 0.2) is 5.79 Å². The molecule has 2 heteroatoms. The Morgan fingerprint density at radius 1 is 1.11 bits per heavy atom. The maximum Gasteiger partial charge on any atom is 0.192 e. The Bertz CT molecular complexity index is 423. The number of aryl methyl sites for hydroxylation is 1. The fraction of sp³-hybridized carbons (Fsp3) is 0.625. The third kappa shape index (κ3) is 2.60. The van der Waals surface area contributed by atoms with E-state index in [9.17, 15) is 0 Å². The van der Waals surface area contributed by atoms with Crippen LogP contribution in [-0.4, -0.2) is 13.2 Å². The van der Waals surface area contributed by atoms with Crippen LogP contribution in [0.25, 0.3) is 0 Å². The summed E-state index contributed by atoms with van der Waals surface area (Å²) in [6, 6.07) is 6.61. The quantitative estimate of drug-likeness (QED) is 0.750. The largest absolute Gasteiger partial charge is 0.346 e. The first kappa shape index (κ1) is 13.6. The lowest BCUT2D eigenvalue weighted by molar-refractivity contribution is -0.265. The summed E-state index contributed by atoms with van der Waals surface area (Å²) in [6.07, 6.45) is 0.980. The van der Waals surface area contributed by atoms with Crippen molar-refractivity contribution in [1.82, 2.24) is 0 Å². The van der Waals surface area contributed by atoms with Gasteiger partial charge in [-0.15, -0.1) is 0 Å². The lowest BCUT2D eigenvalue weighted by Crippen LogP contribution is -2.36. The molecule has 0 spiro atoms.